The molecule has 0 aliphatic heterocycles. The van der Waals surface area contributed by atoms with Crippen LogP contribution in [-0.2, 0) is 4.79 Å². The average Bonchev–Trinajstić information content (AvgIpc) is 3.05. The summed E-state index contributed by atoms with van der Waals surface area (Å²) < 4.78 is 10.2. The quantitative estimate of drug-likeness (QED) is 0.494. The maximum Gasteiger partial charge on any atom is 0.337 e. The molecule has 120 valence electrons. The van der Waals surface area contributed by atoms with Crippen molar-refractivity contribution >= 4 is 34.6 Å². The Bertz CT molecular complexity index is 767. The van der Waals surface area contributed by atoms with Crippen LogP contribution in [0.5, 0.6) is 11.5 Å². The van der Waals surface area contributed by atoms with E-state index in [2.05, 4.69) is 0 Å². The Balaban J connectivity index is 2.67. The standard InChI is InChI=1S/C15H13NO6S/c1-21-12-7-9(11(16(19)20)8-13(12)22-2)6-10(15(17)18)14-4-3-5-23-14/h3-8H,1-2H3,(H,17,18)/b10-6-. The third-order valence-corrected chi connectivity index (χ3v) is 3.95. The summed E-state index contributed by atoms with van der Waals surface area (Å²) in [6, 6.07) is 5.93. The Morgan fingerprint density at radius 1 is 1.30 bits per heavy atom. The van der Waals surface area contributed by atoms with E-state index in [1.54, 1.807) is 17.5 Å². The maximum atomic E-state index is 11.5. The van der Waals surface area contributed by atoms with Crippen LogP contribution in [0.3, 0.4) is 0 Å². The number of nitrogens with zero attached hydrogens (tertiary/aromatic N) is 1. The van der Waals surface area contributed by atoms with Crippen molar-refractivity contribution in [1.82, 2.24) is 0 Å². The van der Waals surface area contributed by atoms with Crippen molar-refractivity contribution in [1.29, 1.82) is 0 Å². The van der Waals surface area contributed by atoms with E-state index < -0.39 is 10.9 Å². The summed E-state index contributed by atoms with van der Waals surface area (Å²) >= 11 is 1.24. The number of methoxy groups -OCH3 is 2. The molecule has 0 bridgehead atoms. The molecular formula is C15H13NO6S. The molecule has 0 spiro atoms. The molecule has 0 fully saturated rings. The molecule has 0 atom stereocenters. The second kappa shape index (κ2) is 6.93. The van der Waals surface area contributed by atoms with Gasteiger partial charge in [0, 0.05) is 4.88 Å². The number of aliphatic carboxylic acids is 1. The average molecular weight is 335 g/mol. The summed E-state index contributed by atoms with van der Waals surface area (Å²) in [6.07, 6.45) is 1.26. The number of hydrogen-bond acceptors (Lipinski definition) is 6. The second-order valence-corrected chi connectivity index (χ2v) is 5.31. The van der Waals surface area contributed by atoms with Gasteiger partial charge in [-0.25, -0.2) is 4.79 Å². The third kappa shape index (κ3) is 3.49. The first-order valence-corrected chi connectivity index (χ1v) is 7.25. The van der Waals surface area contributed by atoms with Crippen LogP contribution in [0.15, 0.2) is 29.6 Å². The predicted octanol–water partition coefficient (Wildman–Crippen LogP) is 3.30. The van der Waals surface area contributed by atoms with Gasteiger partial charge in [-0.15, -0.1) is 11.3 Å². The summed E-state index contributed by atoms with van der Waals surface area (Å²) in [5.41, 5.74) is -0.174. The van der Waals surface area contributed by atoms with Gasteiger partial charge < -0.3 is 14.6 Å². The molecule has 23 heavy (non-hydrogen) atoms. The molecule has 1 heterocycles. The van der Waals surface area contributed by atoms with Crippen LogP contribution in [0.1, 0.15) is 10.4 Å². The maximum absolute atomic E-state index is 11.5. The summed E-state index contributed by atoms with van der Waals surface area (Å²) in [7, 11) is 2.76. The fourth-order valence-corrected chi connectivity index (χ4v) is 2.72. The Kier molecular flexibility index (Phi) is 4.97. The summed E-state index contributed by atoms with van der Waals surface area (Å²) in [4.78, 5) is 22.6. The largest absolute Gasteiger partial charge is 0.493 e. The van der Waals surface area contributed by atoms with Crippen molar-refractivity contribution in [3.8, 4) is 11.5 Å². The van der Waals surface area contributed by atoms with Crippen LogP contribution in [-0.4, -0.2) is 30.2 Å². The lowest BCUT2D eigenvalue weighted by Crippen LogP contribution is -2.00. The highest BCUT2D eigenvalue weighted by Crippen LogP contribution is 2.36. The minimum atomic E-state index is -1.17. The molecule has 2 rings (SSSR count). The van der Waals surface area contributed by atoms with Crippen molar-refractivity contribution in [3.05, 3.63) is 50.2 Å². The van der Waals surface area contributed by atoms with Crippen LogP contribution in [0, 0.1) is 10.1 Å². The molecule has 1 aromatic heterocycles. The van der Waals surface area contributed by atoms with E-state index in [1.807, 2.05) is 0 Å². The molecule has 0 radical (unpaired) electrons. The summed E-state index contributed by atoms with van der Waals surface area (Å²) in [5.74, 6) is -0.693. The van der Waals surface area contributed by atoms with Crippen molar-refractivity contribution in [2.75, 3.05) is 14.2 Å². The molecule has 0 saturated heterocycles. The lowest BCUT2D eigenvalue weighted by molar-refractivity contribution is -0.385. The fraction of sp³-hybridized carbons (Fsp3) is 0.133. The molecule has 1 N–H and O–H groups in total. The van der Waals surface area contributed by atoms with E-state index in [9.17, 15) is 20.0 Å². The number of hydrogen-bond donors (Lipinski definition) is 1. The van der Waals surface area contributed by atoms with Crippen molar-refractivity contribution in [2.45, 2.75) is 0 Å². The normalized spacial score (nSPS) is 11.1. The van der Waals surface area contributed by atoms with Gasteiger partial charge in [0.2, 0.25) is 0 Å². The van der Waals surface area contributed by atoms with Crippen molar-refractivity contribution in [3.63, 3.8) is 0 Å². The van der Waals surface area contributed by atoms with E-state index in [0.29, 0.717) is 4.88 Å². The minimum absolute atomic E-state index is 0.0321. The molecule has 7 nitrogen and oxygen atoms in total. The van der Waals surface area contributed by atoms with E-state index in [0.717, 1.165) is 0 Å². The zero-order chi connectivity index (χ0) is 17.0. The highest BCUT2D eigenvalue weighted by Gasteiger charge is 2.21. The Morgan fingerprint density at radius 3 is 2.43 bits per heavy atom. The molecule has 0 amide bonds. The van der Waals surface area contributed by atoms with E-state index >= 15 is 0 Å². The van der Waals surface area contributed by atoms with Gasteiger partial charge in [0.1, 0.15) is 0 Å². The molecule has 0 unspecified atom stereocenters. The van der Waals surface area contributed by atoms with Gasteiger partial charge in [-0.1, -0.05) is 6.07 Å². The summed E-state index contributed by atoms with van der Waals surface area (Å²) in [6.45, 7) is 0. The van der Waals surface area contributed by atoms with Crippen LogP contribution >= 0.6 is 11.3 Å². The van der Waals surface area contributed by atoms with Crippen molar-refractivity contribution < 1.29 is 24.3 Å². The first kappa shape index (κ1) is 16.5. The number of nitro groups is 1. The van der Waals surface area contributed by atoms with Gasteiger partial charge in [0.25, 0.3) is 5.69 Å². The van der Waals surface area contributed by atoms with Gasteiger partial charge in [-0.2, -0.15) is 0 Å². The number of rotatable bonds is 6. The first-order valence-electron chi connectivity index (χ1n) is 6.37. The highest BCUT2D eigenvalue weighted by atomic mass is 32.1. The molecule has 8 heteroatoms. The smallest absolute Gasteiger partial charge is 0.337 e. The zero-order valence-corrected chi connectivity index (χ0v) is 13.1. The number of nitro benzene ring substituents is 1. The highest BCUT2D eigenvalue weighted by molar-refractivity contribution is 7.11. The Hall–Kier alpha value is -2.87. The van der Waals surface area contributed by atoms with Gasteiger partial charge in [0.05, 0.1) is 36.3 Å². The van der Waals surface area contributed by atoms with Crippen LogP contribution in [0.25, 0.3) is 11.6 Å². The van der Waals surface area contributed by atoms with E-state index in [4.69, 9.17) is 9.47 Å². The zero-order valence-electron chi connectivity index (χ0n) is 12.3. The molecule has 0 aliphatic rings. The first-order chi connectivity index (χ1) is 11.0. The predicted molar refractivity (Wildman–Crippen MR) is 86.0 cm³/mol. The van der Waals surface area contributed by atoms with Crippen LogP contribution < -0.4 is 9.47 Å². The van der Waals surface area contributed by atoms with Crippen LogP contribution in [0.4, 0.5) is 5.69 Å². The molecule has 2 aromatic rings. The fourth-order valence-electron chi connectivity index (χ4n) is 1.98. The Morgan fingerprint density at radius 2 is 1.96 bits per heavy atom. The van der Waals surface area contributed by atoms with Crippen LogP contribution in [0.2, 0.25) is 0 Å². The third-order valence-electron chi connectivity index (χ3n) is 3.05. The lowest BCUT2D eigenvalue weighted by atomic mass is 10.1. The molecule has 0 aliphatic carbocycles. The summed E-state index contributed by atoms with van der Waals surface area (Å²) in [5, 5.41) is 22.4. The molecule has 1 aromatic carbocycles. The van der Waals surface area contributed by atoms with Crippen molar-refractivity contribution in [2.24, 2.45) is 0 Å². The Labute approximate surface area is 135 Å². The molecule has 0 saturated carbocycles. The number of ether oxygens (including phenoxy) is 2. The number of carboxylic acids is 1. The topological polar surface area (TPSA) is 98.9 Å². The van der Waals surface area contributed by atoms with Gasteiger partial charge in [-0.05, 0) is 23.6 Å². The van der Waals surface area contributed by atoms with Gasteiger partial charge in [-0.3, -0.25) is 10.1 Å². The van der Waals surface area contributed by atoms with Gasteiger partial charge >= 0.3 is 5.97 Å². The van der Waals surface area contributed by atoms with E-state index in [1.165, 1.54) is 43.8 Å². The monoisotopic (exact) mass is 335 g/mol. The number of benzene rings is 1. The minimum Gasteiger partial charge on any atom is -0.493 e. The van der Waals surface area contributed by atoms with Gasteiger partial charge in [0.15, 0.2) is 11.5 Å². The second-order valence-electron chi connectivity index (χ2n) is 4.36. The number of carboxylic acid groups (broad SMARTS) is 1. The SMILES string of the molecule is COc1cc(/C=C(\C(=O)O)c2cccs2)c([N+](=O)[O-])cc1OC. The lowest BCUT2D eigenvalue weighted by Gasteiger charge is -2.09. The number of thiophene rings is 1. The molecular weight excluding hydrogens is 322 g/mol. The van der Waals surface area contributed by atoms with E-state index in [-0.39, 0.29) is 28.3 Å². The number of carbonyl (C=O) groups is 1.